The fourth-order valence-corrected chi connectivity index (χ4v) is 4.13. The topological polar surface area (TPSA) is 64.6 Å². The van der Waals surface area contributed by atoms with Crippen molar-refractivity contribution in [2.45, 2.75) is 39.3 Å². The first-order chi connectivity index (χ1) is 10.9. The maximum atomic E-state index is 11.9. The quantitative estimate of drug-likeness (QED) is 0.746. The van der Waals surface area contributed by atoms with Crippen LogP contribution in [0.25, 0.3) is 0 Å². The Morgan fingerprint density at radius 1 is 1.43 bits per heavy atom. The number of rotatable bonds is 6. The van der Waals surface area contributed by atoms with Crippen molar-refractivity contribution in [3.8, 4) is 0 Å². The van der Waals surface area contributed by atoms with Gasteiger partial charge in [-0.25, -0.2) is 4.79 Å². The number of hydrogen-bond acceptors (Lipinski definition) is 4. The molecule has 0 saturated carbocycles. The number of nitrogens with zero attached hydrogens (tertiary/aromatic N) is 1. The fraction of sp³-hybridized carbons (Fsp3) is 0.706. The molecule has 2 amide bonds. The van der Waals surface area contributed by atoms with Crippen LogP contribution in [0.3, 0.4) is 0 Å². The van der Waals surface area contributed by atoms with Gasteiger partial charge in [0.05, 0.1) is 6.10 Å². The van der Waals surface area contributed by atoms with E-state index in [0.717, 1.165) is 37.0 Å². The van der Waals surface area contributed by atoms with Gasteiger partial charge in [0.15, 0.2) is 0 Å². The van der Waals surface area contributed by atoms with E-state index in [0.29, 0.717) is 0 Å². The molecule has 0 radical (unpaired) electrons. The lowest BCUT2D eigenvalue weighted by molar-refractivity contribution is 0.131. The van der Waals surface area contributed by atoms with Gasteiger partial charge in [0.1, 0.15) is 0 Å². The van der Waals surface area contributed by atoms with Crippen molar-refractivity contribution in [2.75, 3.05) is 26.2 Å². The zero-order chi connectivity index (χ0) is 16.8. The number of carbonyl (C=O) groups excluding carboxylic acids is 1. The van der Waals surface area contributed by atoms with Crippen LogP contribution in [0.4, 0.5) is 4.79 Å². The molecular formula is C17H29N3O2S. The van der Waals surface area contributed by atoms with Gasteiger partial charge in [-0.2, -0.15) is 11.3 Å². The molecule has 1 aliphatic rings. The summed E-state index contributed by atoms with van der Waals surface area (Å²) in [5.74, 6) is 1.45. The highest BCUT2D eigenvalue weighted by molar-refractivity contribution is 7.07. The van der Waals surface area contributed by atoms with Crippen LogP contribution in [0, 0.1) is 11.8 Å². The van der Waals surface area contributed by atoms with E-state index < -0.39 is 6.10 Å². The second kappa shape index (κ2) is 8.66. The van der Waals surface area contributed by atoms with Crippen LogP contribution >= 0.6 is 11.3 Å². The van der Waals surface area contributed by atoms with Crippen LogP contribution in [-0.2, 0) is 0 Å². The Morgan fingerprint density at radius 3 is 2.74 bits per heavy atom. The van der Waals surface area contributed by atoms with Crippen molar-refractivity contribution in [1.29, 1.82) is 0 Å². The predicted molar refractivity (Wildman–Crippen MR) is 94.7 cm³/mol. The Hall–Kier alpha value is -1.11. The van der Waals surface area contributed by atoms with Crippen LogP contribution in [0.15, 0.2) is 16.8 Å². The molecule has 5 nitrogen and oxygen atoms in total. The van der Waals surface area contributed by atoms with Gasteiger partial charge in [-0.3, -0.25) is 0 Å². The molecule has 0 spiro atoms. The van der Waals surface area contributed by atoms with E-state index in [2.05, 4.69) is 29.4 Å². The van der Waals surface area contributed by atoms with Gasteiger partial charge in [0.25, 0.3) is 0 Å². The number of carbonyl (C=O) groups is 1. The van der Waals surface area contributed by atoms with Crippen LogP contribution in [0.5, 0.6) is 0 Å². The Kier molecular flexibility index (Phi) is 6.87. The molecule has 4 atom stereocenters. The lowest BCUT2D eigenvalue weighted by Crippen LogP contribution is -2.49. The SMILES string of the molecule is CC1CC(C)CN(CC(C)NC(=O)NCC(O)c2ccsc2)C1. The Bertz CT molecular complexity index is 470. The minimum atomic E-state index is -0.647. The fourth-order valence-electron chi connectivity index (χ4n) is 3.42. The zero-order valence-corrected chi connectivity index (χ0v) is 15.1. The molecule has 130 valence electrons. The second-order valence-electron chi connectivity index (χ2n) is 6.99. The minimum Gasteiger partial charge on any atom is -0.387 e. The molecule has 0 aromatic carbocycles. The van der Waals surface area contributed by atoms with E-state index in [4.69, 9.17) is 0 Å². The van der Waals surface area contributed by atoms with Crippen molar-refractivity contribution in [3.63, 3.8) is 0 Å². The van der Waals surface area contributed by atoms with Gasteiger partial charge in [-0.15, -0.1) is 0 Å². The van der Waals surface area contributed by atoms with E-state index >= 15 is 0 Å². The summed E-state index contributed by atoms with van der Waals surface area (Å²) in [4.78, 5) is 14.4. The number of nitrogens with one attached hydrogen (secondary N) is 2. The van der Waals surface area contributed by atoms with Crippen molar-refractivity contribution < 1.29 is 9.90 Å². The molecule has 2 rings (SSSR count). The molecule has 1 aromatic rings. The third-order valence-electron chi connectivity index (χ3n) is 4.24. The summed E-state index contributed by atoms with van der Waals surface area (Å²) in [6.45, 7) is 9.92. The molecule has 2 heterocycles. The molecule has 1 aliphatic heterocycles. The molecular weight excluding hydrogens is 310 g/mol. The average molecular weight is 340 g/mol. The first kappa shape index (κ1) is 18.2. The highest BCUT2D eigenvalue weighted by Crippen LogP contribution is 2.20. The number of aliphatic hydroxyl groups is 1. The van der Waals surface area contributed by atoms with Crippen LogP contribution in [0.1, 0.15) is 38.9 Å². The Morgan fingerprint density at radius 2 is 2.13 bits per heavy atom. The maximum Gasteiger partial charge on any atom is 0.315 e. The third kappa shape index (κ3) is 6.12. The minimum absolute atomic E-state index is 0.0887. The monoisotopic (exact) mass is 339 g/mol. The van der Waals surface area contributed by atoms with Gasteiger partial charge in [0.2, 0.25) is 0 Å². The first-order valence-corrected chi connectivity index (χ1v) is 9.35. The second-order valence-corrected chi connectivity index (χ2v) is 7.77. The summed E-state index contributed by atoms with van der Waals surface area (Å²) >= 11 is 1.54. The summed E-state index contributed by atoms with van der Waals surface area (Å²) < 4.78 is 0. The molecule has 1 aromatic heterocycles. The van der Waals surface area contributed by atoms with Crippen LogP contribution in [0.2, 0.25) is 0 Å². The number of hydrogen-bond donors (Lipinski definition) is 3. The van der Waals surface area contributed by atoms with Gasteiger partial charge in [-0.05, 0) is 47.6 Å². The summed E-state index contributed by atoms with van der Waals surface area (Å²) in [6, 6.07) is 1.74. The number of urea groups is 1. The molecule has 3 N–H and O–H groups in total. The zero-order valence-electron chi connectivity index (χ0n) is 14.3. The van der Waals surface area contributed by atoms with Crippen molar-refractivity contribution >= 4 is 17.4 Å². The lowest BCUT2D eigenvalue weighted by Gasteiger charge is -2.36. The standard InChI is InChI=1S/C17H29N3O2S/c1-12-6-13(2)9-20(8-12)10-14(3)19-17(22)18-7-16(21)15-4-5-23-11-15/h4-5,11-14,16,21H,6-10H2,1-3H3,(H2,18,19,22). The number of aliphatic hydroxyl groups excluding tert-OH is 1. The van der Waals surface area contributed by atoms with Gasteiger partial charge < -0.3 is 20.6 Å². The molecule has 4 unspecified atom stereocenters. The predicted octanol–water partition coefficient (Wildman–Crippen LogP) is 2.45. The number of amides is 2. The molecule has 1 fully saturated rings. The third-order valence-corrected chi connectivity index (χ3v) is 4.94. The largest absolute Gasteiger partial charge is 0.387 e. The molecule has 0 aliphatic carbocycles. The summed E-state index contributed by atoms with van der Waals surface area (Å²) in [7, 11) is 0. The van der Waals surface area contributed by atoms with Crippen molar-refractivity contribution in [3.05, 3.63) is 22.4 Å². The van der Waals surface area contributed by atoms with E-state index in [1.807, 2.05) is 23.8 Å². The smallest absolute Gasteiger partial charge is 0.315 e. The highest BCUT2D eigenvalue weighted by atomic mass is 32.1. The Balaban J connectivity index is 1.68. The van der Waals surface area contributed by atoms with Crippen LogP contribution < -0.4 is 10.6 Å². The van der Waals surface area contributed by atoms with Crippen LogP contribution in [-0.4, -0.2) is 48.3 Å². The van der Waals surface area contributed by atoms with Gasteiger partial charge >= 0.3 is 6.03 Å². The average Bonchev–Trinajstić information content (AvgIpc) is 2.97. The summed E-state index contributed by atoms with van der Waals surface area (Å²) in [5, 5.41) is 19.5. The molecule has 0 bridgehead atoms. The van der Waals surface area contributed by atoms with E-state index in [9.17, 15) is 9.90 Å². The van der Waals surface area contributed by atoms with E-state index in [1.54, 1.807) is 0 Å². The normalized spacial score (nSPS) is 24.9. The summed E-state index contributed by atoms with van der Waals surface area (Å²) in [5.41, 5.74) is 0.847. The first-order valence-electron chi connectivity index (χ1n) is 8.41. The number of piperidine rings is 1. The van der Waals surface area contributed by atoms with E-state index in [-0.39, 0.29) is 18.6 Å². The Labute approximate surface area is 143 Å². The number of thiophene rings is 1. The molecule has 6 heteroatoms. The maximum absolute atomic E-state index is 11.9. The van der Waals surface area contributed by atoms with Crippen molar-refractivity contribution in [1.82, 2.24) is 15.5 Å². The van der Waals surface area contributed by atoms with E-state index in [1.165, 1.54) is 17.8 Å². The van der Waals surface area contributed by atoms with Gasteiger partial charge in [-0.1, -0.05) is 13.8 Å². The molecule has 23 heavy (non-hydrogen) atoms. The summed E-state index contributed by atoms with van der Waals surface area (Å²) in [6.07, 6.45) is 0.644. The molecule has 1 saturated heterocycles. The number of likely N-dealkylation sites (tertiary alicyclic amines) is 1. The highest BCUT2D eigenvalue weighted by Gasteiger charge is 2.23. The lowest BCUT2D eigenvalue weighted by atomic mass is 9.92. The van der Waals surface area contributed by atoms with Crippen molar-refractivity contribution in [2.24, 2.45) is 11.8 Å². The van der Waals surface area contributed by atoms with Gasteiger partial charge in [0, 0.05) is 32.2 Å².